The summed E-state index contributed by atoms with van der Waals surface area (Å²) in [5.41, 5.74) is 0.690. The summed E-state index contributed by atoms with van der Waals surface area (Å²) in [4.78, 5) is 22.1. The fourth-order valence-corrected chi connectivity index (χ4v) is 2.07. The van der Waals surface area contributed by atoms with Gasteiger partial charge in [0.25, 0.3) is 11.6 Å². The molecule has 0 radical (unpaired) electrons. The Morgan fingerprint density at radius 1 is 1.18 bits per heavy atom. The van der Waals surface area contributed by atoms with Crippen molar-refractivity contribution in [1.29, 1.82) is 0 Å². The van der Waals surface area contributed by atoms with E-state index in [0.717, 1.165) is 0 Å². The lowest BCUT2D eigenvalue weighted by Crippen LogP contribution is -2.34. The van der Waals surface area contributed by atoms with Crippen LogP contribution < -0.4 is 10.6 Å². The van der Waals surface area contributed by atoms with E-state index >= 15 is 0 Å². The number of halogens is 1. The van der Waals surface area contributed by atoms with E-state index in [1.165, 1.54) is 24.3 Å². The first kappa shape index (κ1) is 15.9. The lowest BCUT2D eigenvalue weighted by atomic mass is 10.2. The molecule has 2 aromatic rings. The van der Waals surface area contributed by atoms with Crippen molar-refractivity contribution in [2.75, 3.05) is 5.32 Å². The molecular weight excluding hydrogens is 326 g/mol. The number of nitrogens with one attached hydrogen (secondary N) is 2. The van der Waals surface area contributed by atoms with Crippen molar-refractivity contribution < 1.29 is 9.72 Å². The molecule has 112 valence electrons. The zero-order valence-electron chi connectivity index (χ0n) is 11.1. The van der Waals surface area contributed by atoms with Crippen LogP contribution in [0.4, 0.5) is 11.4 Å². The Morgan fingerprint density at radius 2 is 1.91 bits per heavy atom. The molecule has 2 rings (SSSR count). The summed E-state index contributed by atoms with van der Waals surface area (Å²) in [7, 11) is 0. The quantitative estimate of drug-likeness (QED) is 0.510. The Balaban J connectivity index is 2.02. The Kier molecular flexibility index (Phi) is 5.03. The average Bonchev–Trinajstić information content (AvgIpc) is 2.47. The smallest absolute Gasteiger partial charge is 0.271 e. The number of non-ortho nitro benzene ring substituents is 1. The van der Waals surface area contributed by atoms with Gasteiger partial charge in [0.2, 0.25) is 0 Å². The number of anilines is 1. The maximum Gasteiger partial charge on any atom is 0.271 e. The molecule has 0 atom stereocenters. The molecule has 0 spiro atoms. The lowest BCUT2D eigenvalue weighted by Gasteiger charge is -2.09. The molecule has 2 aromatic carbocycles. The highest BCUT2D eigenvalue weighted by Crippen LogP contribution is 2.17. The second-order valence-electron chi connectivity index (χ2n) is 4.23. The van der Waals surface area contributed by atoms with Gasteiger partial charge in [-0.05, 0) is 36.5 Å². The highest BCUT2D eigenvalue weighted by molar-refractivity contribution is 7.80. The van der Waals surface area contributed by atoms with Crippen LogP contribution in [0, 0.1) is 10.1 Å². The summed E-state index contributed by atoms with van der Waals surface area (Å²) in [6.07, 6.45) is 0. The summed E-state index contributed by atoms with van der Waals surface area (Å²) >= 11 is 10.8. The number of nitro groups is 1. The number of hydrogen-bond donors (Lipinski definition) is 2. The summed E-state index contributed by atoms with van der Waals surface area (Å²) < 4.78 is 0. The summed E-state index contributed by atoms with van der Waals surface area (Å²) in [6.45, 7) is 0. The molecule has 0 aliphatic rings. The van der Waals surface area contributed by atoms with E-state index in [-0.39, 0.29) is 10.8 Å². The van der Waals surface area contributed by atoms with Crippen LogP contribution in [0.3, 0.4) is 0 Å². The topological polar surface area (TPSA) is 84.3 Å². The highest BCUT2D eigenvalue weighted by Gasteiger charge is 2.10. The zero-order chi connectivity index (χ0) is 16.1. The normalized spacial score (nSPS) is 9.86. The monoisotopic (exact) mass is 335 g/mol. The van der Waals surface area contributed by atoms with E-state index < -0.39 is 10.8 Å². The van der Waals surface area contributed by atoms with Crippen LogP contribution in [-0.4, -0.2) is 15.9 Å². The first-order valence-electron chi connectivity index (χ1n) is 6.08. The highest BCUT2D eigenvalue weighted by atomic mass is 35.5. The van der Waals surface area contributed by atoms with Gasteiger partial charge >= 0.3 is 0 Å². The second kappa shape index (κ2) is 6.97. The van der Waals surface area contributed by atoms with E-state index in [2.05, 4.69) is 10.6 Å². The third-order valence-corrected chi connectivity index (χ3v) is 3.07. The van der Waals surface area contributed by atoms with E-state index in [0.29, 0.717) is 16.3 Å². The van der Waals surface area contributed by atoms with Crippen molar-refractivity contribution in [3.05, 3.63) is 69.2 Å². The first-order valence-corrected chi connectivity index (χ1v) is 6.86. The van der Waals surface area contributed by atoms with E-state index in [4.69, 9.17) is 23.8 Å². The van der Waals surface area contributed by atoms with Crippen LogP contribution in [0.25, 0.3) is 0 Å². The van der Waals surface area contributed by atoms with Crippen LogP contribution >= 0.6 is 23.8 Å². The van der Waals surface area contributed by atoms with Gasteiger partial charge in [0.1, 0.15) is 0 Å². The third kappa shape index (κ3) is 4.24. The molecule has 0 heterocycles. The molecular formula is C14H10ClN3O3S. The second-order valence-corrected chi connectivity index (χ2v) is 5.07. The Hall–Kier alpha value is -2.51. The summed E-state index contributed by atoms with van der Waals surface area (Å²) in [5, 5.41) is 16.4. The predicted molar refractivity (Wildman–Crippen MR) is 88.2 cm³/mol. The van der Waals surface area contributed by atoms with Crippen LogP contribution in [-0.2, 0) is 0 Å². The number of carbonyl (C=O) groups is 1. The molecule has 0 unspecified atom stereocenters. The average molecular weight is 336 g/mol. The molecule has 0 fully saturated rings. The fraction of sp³-hybridized carbons (Fsp3) is 0. The van der Waals surface area contributed by atoms with Crippen LogP contribution in [0.1, 0.15) is 10.4 Å². The summed E-state index contributed by atoms with van der Waals surface area (Å²) in [5.74, 6) is -0.426. The third-order valence-electron chi connectivity index (χ3n) is 2.63. The Bertz CT molecular complexity index is 752. The van der Waals surface area contributed by atoms with Crippen molar-refractivity contribution >= 4 is 46.2 Å². The molecule has 0 aliphatic carbocycles. The number of amides is 1. The van der Waals surface area contributed by atoms with Crippen molar-refractivity contribution in [2.45, 2.75) is 0 Å². The standard InChI is InChI=1S/C14H10ClN3O3S/c15-10-4-1-3-9(7-10)13(19)17-14(22)16-11-5-2-6-12(8-11)18(20)21/h1-8H,(H2,16,17,19,22). The number of nitro benzene ring substituents is 1. The van der Waals surface area contributed by atoms with Gasteiger partial charge in [0.15, 0.2) is 5.11 Å². The van der Waals surface area contributed by atoms with Crippen LogP contribution in [0.5, 0.6) is 0 Å². The molecule has 2 N–H and O–H groups in total. The van der Waals surface area contributed by atoms with Crippen molar-refractivity contribution in [3.63, 3.8) is 0 Å². The predicted octanol–water partition coefficient (Wildman–Crippen LogP) is 3.38. The van der Waals surface area contributed by atoms with Gasteiger partial charge in [-0.3, -0.25) is 20.2 Å². The van der Waals surface area contributed by atoms with E-state index in [1.807, 2.05) is 0 Å². The van der Waals surface area contributed by atoms with E-state index in [9.17, 15) is 14.9 Å². The molecule has 1 amide bonds. The molecule has 0 bridgehead atoms. The number of benzene rings is 2. The Morgan fingerprint density at radius 3 is 2.59 bits per heavy atom. The van der Waals surface area contributed by atoms with Gasteiger partial charge in [0, 0.05) is 28.4 Å². The number of nitrogens with zero attached hydrogens (tertiary/aromatic N) is 1. The molecule has 6 nitrogen and oxygen atoms in total. The van der Waals surface area contributed by atoms with Gasteiger partial charge in [0.05, 0.1) is 4.92 Å². The van der Waals surface area contributed by atoms with E-state index in [1.54, 1.807) is 24.3 Å². The molecule has 0 saturated carbocycles. The first-order chi connectivity index (χ1) is 10.5. The minimum Gasteiger partial charge on any atom is -0.332 e. The van der Waals surface area contributed by atoms with Crippen LogP contribution in [0.2, 0.25) is 5.02 Å². The number of hydrogen-bond acceptors (Lipinski definition) is 4. The number of thiocarbonyl (C=S) groups is 1. The van der Waals surface area contributed by atoms with Crippen molar-refractivity contribution in [2.24, 2.45) is 0 Å². The molecule has 8 heteroatoms. The van der Waals surface area contributed by atoms with Gasteiger partial charge in [-0.2, -0.15) is 0 Å². The maximum atomic E-state index is 12.0. The van der Waals surface area contributed by atoms with Gasteiger partial charge in [-0.15, -0.1) is 0 Å². The van der Waals surface area contributed by atoms with Gasteiger partial charge in [-0.25, -0.2) is 0 Å². The largest absolute Gasteiger partial charge is 0.332 e. The van der Waals surface area contributed by atoms with Gasteiger partial charge < -0.3 is 5.32 Å². The lowest BCUT2D eigenvalue weighted by molar-refractivity contribution is -0.384. The zero-order valence-corrected chi connectivity index (χ0v) is 12.6. The van der Waals surface area contributed by atoms with Crippen molar-refractivity contribution in [3.8, 4) is 0 Å². The number of carbonyl (C=O) groups excluding carboxylic acids is 1. The fourth-order valence-electron chi connectivity index (χ4n) is 1.66. The molecule has 0 aromatic heterocycles. The maximum absolute atomic E-state index is 12.0. The summed E-state index contributed by atoms with van der Waals surface area (Å²) in [6, 6.07) is 12.2. The Labute approximate surface area is 136 Å². The van der Waals surface area contributed by atoms with Gasteiger partial charge in [-0.1, -0.05) is 23.7 Å². The minimum absolute atomic E-state index is 0.0328. The minimum atomic E-state index is -0.515. The number of rotatable bonds is 3. The van der Waals surface area contributed by atoms with Crippen molar-refractivity contribution in [1.82, 2.24) is 5.32 Å². The molecule has 22 heavy (non-hydrogen) atoms. The SMILES string of the molecule is O=C(NC(=S)Nc1cccc([N+](=O)[O-])c1)c1cccc(Cl)c1. The molecule has 0 aliphatic heterocycles. The van der Waals surface area contributed by atoms with Crippen LogP contribution in [0.15, 0.2) is 48.5 Å². The molecule has 0 saturated heterocycles.